The fourth-order valence-electron chi connectivity index (χ4n) is 4.83. The number of methoxy groups -OCH3 is 1. The summed E-state index contributed by atoms with van der Waals surface area (Å²) in [6, 6.07) is 16.5. The lowest BCUT2D eigenvalue weighted by Gasteiger charge is -2.38. The van der Waals surface area contributed by atoms with Gasteiger partial charge in [0.25, 0.3) is 5.91 Å². The van der Waals surface area contributed by atoms with Gasteiger partial charge in [0.1, 0.15) is 6.61 Å². The third kappa shape index (κ3) is 5.47. The van der Waals surface area contributed by atoms with E-state index in [-0.39, 0.29) is 24.5 Å². The predicted octanol–water partition coefficient (Wildman–Crippen LogP) is 2.69. The van der Waals surface area contributed by atoms with Crippen LogP contribution in [0.25, 0.3) is 0 Å². The number of hydrogen-bond acceptors (Lipinski definition) is 5. The topological polar surface area (TPSA) is 65.1 Å². The fourth-order valence-corrected chi connectivity index (χ4v) is 4.83. The van der Waals surface area contributed by atoms with Crippen LogP contribution >= 0.6 is 0 Å². The highest BCUT2D eigenvalue weighted by Gasteiger charge is 2.27. The number of anilines is 2. The summed E-state index contributed by atoms with van der Waals surface area (Å²) in [5, 5.41) is 3.03. The van der Waals surface area contributed by atoms with Gasteiger partial charge in [-0.3, -0.25) is 9.59 Å². The van der Waals surface area contributed by atoms with Crippen LogP contribution in [0.2, 0.25) is 0 Å². The maximum atomic E-state index is 13.5. The number of para-hydroxylation sites is 2. The number of hydrogen-bond donors (Lipinski definition) is 1. The van der Waals surface area contributed by atoms with Crippen molar-refractivity contribution in [3.8, 4) is 0 Å². The second-order valence-corrected chi connectivity index (χ2v) is 8.84. The Hall–Kier alpha value is -3.06. The minimum Gasteiger partial charge on any atom is -0.375 e. The molecule has 2 heterocycles. The highest BCUT2D eigenvalue weighted by atomic mass is 16.5. The maximum Gasteiger partial charge on any atom is 0.256 e. The Kier molecular flexibility index (Phi) is 7.50. The summed E-state index contributed by atoms with van der Waals surface area (Å²) in [5.41, 5.74) is 4.28. The van der Waals surface area contributed by atoms with Gasteiger partial charge >= 0.3 is 0 Å². The fraction of sp³-hybridized carbons (Fsp3) is 0.462. The van der Waals surface area contributed by atoms with Crippen LogP contribution in [0.5, 0.6) is 0 Å². The van der Waals surface area contributed by atoms with Gasteiger partial charge < -0.3 is 24.8 Å². The smallest absolute Gasteiger partial charge is 0.256 e. The summed E-state index contributed by atoms with van der Waals surface area (Å²) >= 11 is 0. The van der Waals surface area contributed by atoms with Crippen LogP contribution in [0, 0.1) is 6.92 Å². The summed E-state index contributed by atoms with van der Waals surface area (Å²) in [4.78, 5) is 31.9. The molecule has 2 aliphatic rings. The molecule has 2 saturated heterocycles. The predicted molar refractivity (Wildman–Crippen MR) is 131 cm³/mol. The number of rotatable bonds is 6. The van der Waals surface area contributed by atoms with Crippen molar-refractivity contribution in [2.75, 3.05) is 62.8 Å². The third-order valence-corrected chi connectivity index (χ3v) is 6.63. The lowest BCUT2D eigenvalue weighted by atomic mass is 10.0. The minimum atomic E-state index is -0.0728. The van der Waals surface area contributed by atoms with E-state index >= 15 is 0 Å². The molecule has 7 heteroatoms. The Balaban J connectivity index is 1.37. The van der Waals surface area contributed by atoms with Crippen molar-refractivity contribution in [3.63, 3.8) is 0 Å². The second kappa shape index (κ2) is 10.7. The molecule has 0 unspecified atom stereocenters. The average Bonchev–Trinajstić information content (AvgIpc) is 2.85. The van der Waals surface area contributed by atoms with Crippen LogP contribution in [0.15, 0.2) is 48.5 Å². The minimum absolute atomic E-state index is 0.0728. The summed E-state index contributed by atoms with van der Waals surface area (Å²) in [7, 11) is 1.53. The zero-order chi connectivity index (χ0) is 23.2. The zero-order valence-corrected chi connectivity index (χ0v) is 19.6. The Morgan fingerprint density at radius 1 is 0.879 bits per heavy atom. The van der Waals surface area contributed by atoms with Crippen LogP contribution < -0.4 is 15.1 Å². The number of carbonyl (C=O) groups excluding carboxylic acids is 2. The van der Waals surface area contributed by atoms with Crippen molar-refractivity contribution in [3.05, 3.63) is 59.7 Å². The number of piperidine rings is 1. The zero-order valence-electron chi connectivity index (χ0n) is 19.6. The van der Waals surface area contributed by atoms with Crippen molar-refractivity contribution in [1.29, 1.82) is 0 Å². The number of amides is 2. The molecule has 2 aromatic rings. The number of carbonyl (C=O) groups is 2. The largest absolute Gasteiger partial charge is 0.375 e. The lowest BCUT2D eigenvalue weighted by Crippen LogP contribution is -2.49. The molecule has 2 amide bonds. The van der Waals surface area contributed by atoms with Crippen molar-refractivity contribution >= 4 is 23.2 Å². The Labute approximate surface area is 196 Å². The van der Waals surface area contributed by atoms with Gasteiger partial charge in [-0.1, -0.05) is 30.3 Å². The molecule has 33 heavy (non-hydrogen) atoms. The highest BCUT2D eigenvalue weighted by Crippen LogP contribution is 2.27. The first-order chi connectivity index (χ1) is 16.1. The summed E-state index contributed by atoms with van der Waals surface area (Å²) in [6.45, 7) is 6.96. The van der Waals surface area contributed by atoms with E-state index < -0.39 is 0 Å². The van der Waals surface area contributed by atoms with Gasteiger partial charge in [-0.25, -0.2) is 0 Å². The van der Waals surface area contributed by atoms with E-state index in [1.165, 1.54) is 18.4 Å². The van der Waals surface area contributed by atoms with Gasteiger partial charge in [0.2, 0.25) is 5.91 Å². The first kappa shape index (κ1) is 23.1. The van der Waals surface area contributed by atoms with Crippen LogP contribution in [0.1, 0.15) is 28.8 Å². The third-order valence-electron chi connectivity index (χ3n) is 6.63. The molecule has 0 spiro atoms. The van der Waals surface area contributed by atoms with Crippen LogP contribution in [-0.2, 0) is 9.53 Å². The van der Waals surface area contributed by atoms with E-state index in [9.17, 15) is 9.59 Å². The van der Waals surface area contributed by atoms with Gasteiger partial charge in [-0.15, -0.1) is 0 Å². The van der Waals surface area contributed by atoms with E-state index in [0.717, 1.165) is 63.4 Å². The molecular weight excluding hydrogens is 416 g/mol. The van der Waals surface area contributed by atoms with Crippen LogP contribution in [-0.4, -0.2) is 75.7 Å². The van der Waals surface area contributed by atoms with E-state index in [1.54, 1.807) is 0 Å². The normalized spacial score (nSPS) is 17.2. The Morgan fingerprint density at radius 2 is 1.48 bits per heavy atom. The first-order valence-corrected chi connectivity index (χ1v) is 11.8. The number of nitrogens with zero attached hydrogens (tertiary/aromatic N) is 3. The summed E-state index contributed by atoms with van der Waals surface area (Å²) in [5.74, 6) is 0.0296. The van der Waals surface area contributed by atoms with Gasteiger partial charge in [0.15, 0.2) is 0 Å². The van der Waals surface area contributed by atoms with Gasteiger partial charge in [-0.2, -0.15) is 0 Å². The van der Waals surface area contributed by atoms with E-state index in [2.05, 4.69) is 46.3 Å². The molecule has 2 fully saturated rings. The summed E-state index contributed by atoms with van der Waals surface area (Å²) in [6.07, 6.45) is 1.71. The molecule has 0 atom stereocenters. The first-order valence-electron chi connectivity index (χ1n) is 11.8. The molecule has 4 rings (SSSR count). The molecule has 1 N–H and O–H groups in total. The van der Waals surface area contributed by atoms with E-state index in [4.69, 9.17) is 4.74 Å². The average molecular weight is 451 g/mol. The molecule has 2 aliphatic heterocycles. The van der Waals surface area contributed by atoms with E-state index in [0.29, 0.717) is 0 Å². The SMILES string of the molecule is COCC(=O)NC1CCN(c2ccccc2C(=O)N2CCN(c3ccccc3C)CC2)CC1. The van der Waals surface area contributed by atoms with E-state index in [1.807, 2.05) is 29.2 Å². The standard InChI is InChI=1S/C26H34N4O3/c1-20-7-3-5-9-23(20)29-15-17-30(18-16-29)26(32)22-8-4-6-10-24(22)28-13-11-21(12-14-28)27-25(31)19-33-2/h3-10,21H,11-19H2,1-2H3,(H,27,31). The van der Waals surface area contributed by atoms with Crippen molar-refractivity contribution in [2.24, 2.45) is 0 Å². The molecule has 0 radical (unpaired) electrons. The highest BCUT2D eigenvalue weighted by molar-refractivity contribution is 6.00. The van der Waals surface area contributed by atoms with Crippen molar-refractivity contribution in [1.82, 2.24) is 10.2 Å². The van der Waals surface area contributed by atoms with Crippen LogP contribution in [0.3, 0.4) is 0 Å². The molecule has 0 aromatic heterocycles. The number of benzene rings is 2. The molecule has 0 aliphatic carbocycles. The molecule has 7 nitrogen and oxygen atoms in total. The summed E-state index contributed by atoms with van der Waals surface area (Å²) < 4.78 is 4.91. The maximum absolute atomic E-state index is 13.5. The monoisotopic (exact) mass is 450 g/mol. The van der Waals surface area contributed by atoms with Crippen molar-refractivity contribution in [2.45, 2.75) is 25.8 Å². The molecular formula is C26H34N4O3. The van der Waals surface area contributed by atoms with Crippen molar-refractivity contribution < 1.29 is 14.3 Å². The Morgan fingerprint density at radius 3 is 2.15 bits per heavy atom. The number of piperazine rings is 1. The number of nitrogens with one attached hydrogen (secondary N) is 1. The van der Waals surface area contributed by atoms with Gasteiger partial charge in [0.05, 0.1) is 5.56 Å². The molecule has 0 saturated carbocycles. The quantitative estimate of drug-likeness (QED) is 0.733. The second-order valence-electron chi connectivity index (χ2n) is 8.84. The molecule has 0 bridgehead atoms. The van der Waals surface area contributed by atoms with Gasteiger partial charge in [-0.05, 0) is 43.5 Å². The van der Waals surface area contributed by atoms with Gasteiger partial charge in [0, 0.05) is 63.8 Å². The Bertz CT molecular complexity index is 964. The molecule has 176 valence electrons. The van der Waals surface area contributed by atoms with Crippen LogP contribution in [0.4, 0.5) is 11.4 Å². The molecule has 2 aromatic carbocycles. The lowest BCUT2D eigenvalue weighted by molar-refractivity contribution is -0.125. The number of aryl methyl sites for hydroxylation is 1. The number of ether oxygens (including phenoxy) is 1.